The third kappa shape index (κ3) is 8.54. The lowest BCUT2D eigenvalue weighted by Gasteiger charge is -2.34. The number of benzene rings is 4. The largest absolute Gasteiger partial charge is 0.497 e. The van der Waals surface area contributed by atoms with Crippen molar-refractivity contribution in [2.24, 2.45) is 0 Å². The predicted molar refractivity (Wildman–Crippen MR) is 182 cm³/mol. The topological polar surface area (TPSA) is 96.0 Å². The van der Waals surface area contributed by atoms with E-state index in [0.29, 0.717) is 12.2 Å². The van der Waals surface area contributed by atoms with Crippen molar-refractivity contribution in [3.8, 4) is 5.75 Å². The zero-order chi connectivity index (χ0) is 33.3. The number of hydrogen-bond acceptors (Lipinski definition) is 5. The Morgan fingerprint density at radius 1 is 0.870 bits per heavy atom. The Labute approximate surface area is 273 Å². The molecule has 4 aromatic carbocycles. The molecule has 0 aliphatic heterocycles. The molecule has 2 amide bonds. The maximum absolute atomic E-state index is 14.6. The maximum Gasteiger partial charge on any atom is 0.264 e. The molecule has 0 aliphatic rings. The van der Waals surface area contributed by atoms with E-state index in [2.05, 4.69) is 5.32 Å². The Bertz CT molecular complexity index is 1730. The highest BCUT2D eigenvalue weighted by Crippen LogP contribution is 2.28. The summed E-state index contributed by atoms with van der Waals surface area (Å²) in [6.07, 6.45) is 0.971. The molecule has 8 nitrogen and oxygen atoms in total. The number of anilines is 1. The number of amides is 2. The third-order valence-electron chi connectivity index (χ3n) is 8.10. The molecule has 0 unspecified atom stereocenters. The van der Waals surface area contributed by atoms with E-state index in [-0.39, 0.29) is 35.5 Å². The van der Waals surface area contributed by atoms with E-state index >= 15 is 0 Å². The number of rotatable bonds is 14. The summed E-state index contributed by atoms with van der Waals surface area (Å²) in [7, 11) is -2.71. The number of sulfonamides is 1. The molecule has 46 heavy (non-hydrogen) atoms. The van der Waals surface area contributed by atoms with Crippen LogP contribution in [0.5, 0.6) is 5.75 Å². The summed E-state index contributed by atoms with van der Waals surface area (Å²) in [6, 6.07) is 29.3. The number of nitrogens with one attached hydrogen (secondary N) is 1. The van der Waals surface area contributed by atoms with Gasteiger partial charge in [-0.2, -0.15) is 0 Å². The molecule has 4 aromatic rings. The second kappa shape index (κ2) is 15.6. The lowest BCUT2D eigenvalue weighted by molar-refractivity contribution is -0.140. The molecule has 242 valence electrons. The Morgan fingerprint density at radius 2 is 1.54 bits per heavy atom. The van der Waals surface area contributed by atoms with E-state index in [0.717, 1.165) is 26.6 Å². The quantitative estimate of drug-likeness (QED) is 0.181. The van der Waals surface area contributed by atoms with Crippen molar-refractivity contribution in [2.45, 2.75) is 64.1 Å². The molecule has 0 saturated heterocycles. The number of carbonyl (C=O) groups is 2. The van der Waals surface area contributed by atoms with Crippen molar-refractivity contribution < 1.29 is 22.7 Å². The average molecular weight is 642 g/mol. The van der Waals surface area contributed by atoms with Gasteiger partial charge in [-0.3, -0.25) is 13.9 Å². The summed E-state index contributed by atoms with van der Waals surface area (Å²) in [4.78, 5) is 30.2. The number of hydrogen-bond donors (Lipinski definition) is 1. The molecule has 0 saturated carbocycles. The first-order valence-electron chi connectivity index (χ1n) is 15.4. The normalized spacial score (nSPS) is 12.5. The van der Waals surface area contributed by atoms with Crippen LogP contribution in [0.3, 0.4) is 0 Å². The summed E-state index contributed by atoms with van der Waals surface area (Å²) in [5, 5.41) is 3.07. The van der Waals surface area contributed by atoms with Gasteiger partial charge in [-0.05, 0) is 68.1 Å². The molecule has 0 spiro atoms. The van der Waals surface area contributed by atoms with Crippen molar-refractivity contribution in [3.05, 3.63) is 125 Å². The fourth-order valence-electron chi connectivity index (χ4n) is 5.10. The lowest BCUT2D eigenvalue weighted by Crippen LogP contribution is -2.54. The standard InChI is InChI=1S/C37H43N3O5S/c1-6-29(4)38-37(42)35(23-30-14-8-7-9-15-30)39(25-31-16-11-10-13-28(31)3)36(41)26-40(32-17-12-18-33(24-32)45-5)46(43,44)34-21-19-27(2)20-22-34/h7-22,24,29,35H,6,23,25-26H2,1-5H3,(H,38,42)/t29-,35+/m1/s1. The molecule has 0 bridgehead atoms. The fraction of sp³-hybridized carbons (Fsp3) is 0.297. The fourth-order valence-corrected chi connectivity index (χ4v) is 6.50. The van der Waals surface area contributed by atoms with E-state index in [4.69, 9.17) is 4.74 Å². The zero-order valence-corrected chi connectivity index (χ0v) is 28.0. The molecule has 4 rings (SSSR count). The molecule has 0 fully saturated rings. The van der Waals surface area contributed by atoms with Gasteiger partial charge in [0.25, 0.3) is 10.0 Å². The zero-order valence-electron chi connectivity index (χ0n) is 27.1. The van der Waals surface area contributed by atoms with E-state index in [1.54, 1.807) is 36.4 Å². The van der Waals surface area contributed by atoms with Gasteiger partial charge < -0.3 is 15.0 Å². The monoisotopic (exact) mass is 641 g/mol. The van der Waals surface area contributed by atoms with Crippen molar-refractivity contribution in [2.75, 3.05) is 18.0 Å². The van der Waals surface area contributed by atoms with Gasteiger partial charge >= 0.3 is 0 Å². The van der Waals surface area contributed by atoms with Crippen molar-refractivity contribution >= 4 is 27.5 Å². The summed E-state index contributed by atoms with van der Waals surface area (Å²) in [5.41, 5.74) is 3.88. The summed E-state index contributed by atoms with van der Waals surface area (Å²) < 4.78 is 35.0. The van der Waals surface area contributed by atoms with Gasteiger partial charge in [-0.1, -0.05) is 85.3 Å². The Kier molecular flexibility index (Phi) is 11.6. The second-order valence-corrected chi connectivity index (χ2v) is 13.4. The van der Waals surface area contributed by atoms with E-state index in [9.17, 15) is 18.0 Å². The molecule has 0 aliphatic carbocycles. The number of aryl methyl sites for hydroxylation is 2. The van der Waals surface area contributed by atoms with Crippen LogP contribution in [-0.4, -0.2) is 50.9 Å². The molecule has 0 heterocycles. The van der Waals surface area contributed by atoms with Crippen LogP contribution in [-0.2, 0) is 32.6 Å². The highest BCUT2D eigenvalue weighted by Gasteiger charge is 2.35. The van der Waals surface area contributed by atoms with Gasteiger partial charge in [0.15, 0.2) is 0 Å². The van der Waals surface area contributed by atoms with Crippen LogP contribution in [0, 0.1) is 13.8 Å². The van der Waals surface area contributed by atoms with Gasteiger partial charge in [0.2, 0.25) is 11.8 Å². The first-order chi connectivity index (χ1) is 22.0. The van der Waals surface area contributed by atoms with Gasteiger partial charge in [-0.25, -0.2) is 8.42 Å². The van der Waals surface area contributed by atoms with Crippen LogP contribution in [0.2, 0.25) is 0 Å². The number of nitrogens with zero attached hydrogens (tertiary/aromatic N) is 2. The first kappa shape index (κ1) is 34.2. The van der Waals surface area contributed by atoms with Crippen LogP contribution >= 0.6 is 0 Å². The van der Waals surface area contributed by atoms with E-state index < -0.39 is 28.5 Å². The minimum atomic E-state index is -4.20. The smallest absolute Gasteiger partial charge is 0.264 e. The van der Waals surface area contributed by atoms with Crippen LogP contribution in [0.15, 0.2) is 108 Å². The van der Waals surface area contributed by atoms with Crippen molar-refractivity contribution in [3.63, 3.8) is 0 Å². The molecular formula is C37H43N3O5S. The first-order valence-corrected chi connectivity index (χ1v) is 16.9. The Hall–Kier alpha value is -4.63. The Balaban J connectivity index is 1.83. The van der Waals surface area contributed by atoms with Crippen LogP contribution in [0.25, 0.3) is 0 Å². The Morgan fingerprint density at radius 3 is 2.20 bits per heavy atom. The van der Waals surface area contributed by atoms with E-state index in [1.165, 1.54) is 24.1 Å². The SMILES string of the molecule is CC[C@@H](C)NC(=O)[C@H](Cc1ccccc1)N(Cc1ccccc1C)C(=O)CN(c1cccc(OC)c1)S(=O)(=O)c1ccc(C)cc1. The highest BCUT2D eigenvalue weighted by molar-refractivity contribution is 7.92. The molecule has 1 N–H and O–H groups in total. The van der Waals surface area contributed by atoms with Crippen LogP contribution < -0.4 is 14.4 Å². The van der Waals surface area contributed by atoms with Gasteiger partial charge in [0, 0.05) is 25.1 Å². The minimum absolute atomic E-state index is 0.0505. The summed E-state index contributed by atoms with van der Waals surface area (Å²) in [6.45, 7) is 7.32. The number of carbonyl (C=O) groups excluding carboxylic acids is 2. The average Bonchev–Trinajstić information content (AvgIpc) is 3.06. The molecular weight excluding hydrogens is 598 g/mol. The van der Waals surface area contributed by atoms with Crippen molar-refractivity contribution in [1.82, 2.24) is 10.2 Å². The van der Waals surface area contributed by atoms with Crippen LogP contribution in [0.4, 0.5) is 5.69 Å². The molecule has 2 atom stereocenters. The highest BCUT2D eigenvalue weighted by atomic mass is 32.2. The van der Waals surface area contributed by atoms with Gasteiger partial charge in [0.1, 0.15) is 18.3 Å². The molecule has 0 aromatic heterocycles. The minimum Gasteiger partial charge on any atom is -0.497 e. The van der Waals surface area contributed by atoms with Gasteiger partial charge in [-0.15, -0.1) is 0 Å². The third-order valence-corrected chi connectivity index (χ3v) is 9.89. The molecule has 9 heteroatoms. The molecule has 0 radical (unpaired) electrons. The van der Waals surface area contributed by atoms with Crippen LogP contribution in [0.1, 0.15) is 42.5 Å². The number of methoxy groups -OCH3 is 1. The predicted octanol–water partition coefficient (Wildman–Crippen LogP) is 6.06. The van der Waals surface area contributed by atoms with Crippen molar-refractivity contribution in [1.29, 1.82) is 0 Å². The van der Waals surface area contributed by atoms with E-state index in [1.807, 2.05) is 82.3 Å². The summed E-state index contributed by atoms with van der Waals surface area (Å²) in [5.74, 6) is -0.364. The summed E-state index contributed by atoms with van der Waals surface area (Å²) >= 11 is 0. The number of ether oxygens (including phenoxy) is 1. The van der Waals surface area contributed by atoms with Gasteiger partial charge in [0.05, 0.1) is 17.7 Å². The second-order valence-electron chi connectivity index (χ2n) is 11.5. The lowest BCUT2D eigenvalue weighted by atomic mass is 10.0. The maximum atomic E-state index is 14.6.